The van der Waals surface area contributed by atoms with Crippen LogP contribution in [0, 0.1) is 18.3 Å². The maximum absolute atomic E-state index is 12.6. The number of aryl methyl sites for hydroxylation is 1. The highest BCUT2D eigenvalue weighted by Crippen LogP contribution is 2.58. The molecule has 1 saturated heterocycles. The molecule has 140 valence electrons. The van der Waals surface area contributed by atoms with E-state index in [0.717, 1.165) is 30.5 Å². The van der Waals surface area contributed by atoms with Crippen LogP contribution in [0.15, 0.2) is 48.8 Å². The Morgan fingerprint density at radius 1 is 1.22 bits per heavy atom. The molecule has 1 aliphatic heterocycles. The Bertz CT molecular complexity index is 834. The summed E-state index contributed by atoms with van der Waals surface area (Å²) in [6, 6.07) is 11.9. The molecule has 4 rings (SSSR count). The Kier molecular flexibility index (Phi) is 4.68. The first-order chi connectivity index (χ1) is 13.1. The van der Waals surface area contributed by atoms with E-state index >= 15 is 0 Å². The van der Waals surface area contributed by atoms with Gasteiger partial charge in [0.25, 0.3) is 0 Å². The molecule has 5 heteroatoms. The van der Waals surface area contributed by atoms with Crippen LogP contribution < -0.4 is 5.32 Å². The summed E-state index contributed by atoms with van der Waals surface area (Å²) in [7, 11) is 0. The molecule has 2 aromatic rings. The van der Waals surface area contributed by atoms with E-state index in [9.17, 15) is 9.59 Å². The largest absolute Gasteiger partial charge is 0.352 e. The van der Waals surface area contributed by atoms with Gasteiger partial charge in [-0.25, -0.2) is 0 Å². The molecule has 0 radical (unpaired) electrons. The highest BCUT2D eigenvalue weighted by molar-refractivity contribution is 5.84. The molecular formula is C22H25N3O2. The normalized spacial score (nSPS) is 23.4. The van der Waals surface area contributed by atoms with Crippen LogP contribution in [-0.4, -0.2) is 34.8 Å². The molecule has 2 fully saturated rings. The molecule has 5 nitrogen and oxygen atoms in total. The van der Waals surface area contributed by atoms with E-state index in [2.05, 4.69) is 10.3 Å². The smallest absolute Gasteiger partial charge is 0.227 e. The number of pyridine rings is 1. The van der Waals surface area contributed by atoms with Gasteiger partial charge in [0.05, 0.1) is 6.42 Å². The SMILES string of the molecule is Cc1ccc(CC(=O)N2CC[C@@]3(C[C@@H]3C(=O)NCc3cccnc3)C2)cc1. The third-order valence-electron chi connectivity index (χ3n) is 5.91. The molecule has 2 atom stereocenters. The van der Waals surface area contributed by atoms with Crippen LogP contribution in [0.3, 0.4) is 0 Å². The van der Waals surface area contributed by atoms with Crippen LogP contribution in [0.4, 0.5) is 0 Å². The van der Waals surface area contributed by atoms with Gasteiger partial charge in [0.2, 0.25) is 11.8 Å². The summed E-state index contributed by atoms with van der Waals surface area (Å²) in [6.45, 7) is 4.03. The number of amides is 2. The Morgan fingerprint density at radius 2 is 2.04 bits per heavy atom. The number of carbonyl (C=O) groups excluding carboxylic acids is 2. The number of aromatic nitrogens is 1. The van der Waals surface area contributed by atoms with Gasteiger partial charge >= 0.3 is 0 Å². The summed E-state index contributed by atoms with van der Waals surface area (Å²) < 4.78 is 0. The lowest BCUT2D eigenvalue weighted by atomic mass is 10.0. The predicted octanol–water partition coefficient (Wildman–Crippen LogP) is 2.49. The predicted molar refractivity (Wildman–Crippen MR) is 103 cm³/mol. The second-order valence-electron chi connectivity index (χ2n) is 7.93. The van der Waals surface area contributed by atoms with E-state index < -0.39 is 0 Å². The Morgan fingerprint density at radius 3 is 2.78 bits per heavy atom. The minimum Gasteiger partial charge on any atom is -0.352 e. The van der Waals surface area contributed by atoms with E-state index in [1.165, 1.54) is 5.56 Å². The zero-order valence-corrected chi connectivity index (χ0v) is 15.6. The van der Waals surface area contributed by atoms with Gasteiger partial charge in [-0.05, 0) is 37.0 Å². The van der Waals surface area contributed by atoms with Gasteiger partial charge in [-0.3, -0.25) is 14.6 Å². The molecule has 2 amide bonds. The molecule has 0 unspecified atom stereocenters. The molecule has 2 heterocycles. The third kappa shape index (κ3) is 3.87. The van der Waals surface area contributed by atoms with E-state index in [0.29, 0.717) is 19.5 Å². The van der Waals surface area contributed by atoms with Crippen LogP contribution in [-0.2, 0) is 22.6 Å². The van der Waals surface area contributed by atoms with Crippen molar-refractivity contribution in [3.05, 3.63) is 65.5 Å². The fourth-order valence-electron chi connectivity index (χ4n) is 4.09. The van der Waals surface area contributed by atoms with Crippen LogP contribution in [0.2, 0.25) is 0 Å². The number of nitrogens with one attached hydrogen (secondary N) is 1. The topological polar surface area (TPSA) is 62.3 Å². The highest BCUT2D eigenvalue weighted by Gasteiger charge is 2.61. The molecule has 1 aliphatic carbocycles. The number of likely N-dealkylation sites (tertiary alicyclic amines) is 1. The Balaban J connectivity index is 1.28. The van der Waals surface area contributed by atoms with Crippen molar-refractivity contribution in [2.75, 3.05) is 13.1 Å². The third-order valence-corrected chi connectivity index (χ3v) is 5.91. The van der Waals surface area contributed by atoms with Crippen molar-refractivity contribution in [1.82, 2.24) is 15.2 Å². The van der Waals surface area contributed by atoms with Gasteiger partial charge in [-0.2, -0.15) is 0 Å². The zero-order valence-electron chi connectivity index (χ0n) is 15.6. The molecule has 1 saturated carbocycles. The van der Waals surface area contributed by atoms with Crippen molar-refractivity contribution >= 4 is 11.8 Å². The number of hydrogen-bond acceptors (Lipinski definition) is 3. The minimum absolute atomic E-state index is 0.00194. The first kappa shape index (κ1) is 17.7. The lowest BCUT2D eigenvalue weighted by Crippen LogP contribution is -2.32. The number of nitrogens with zero attached hydrogens (tertiary/aromatic N) is 2. The van der Waals surface area contributed by atoms with Crippen molar-refractivity contribution in [2.45, 2.75) is 32.7 Å². The molecule has 1 spiro atoms. The monoisotopic (exact) mass is 363 g/mol. The quantitative estimate of drug-likeness (QED) is 0.888. The van der Waals surface area contributed by atoms with Gasteiger partial charge in [0.1, 0.15) is 0 Å². The standard InChI is InChI=1S/C22H25N3O2/c1-16-4-6-17(7-5-16)11-20(26)25-10-8-22(15-25)12-19(22)21(27)24-14-18-3-2-9-23-13-18/h2-7,9,13,19H,8,10-12,14-15H2,1H3,(H,24,27)/t19-,22-/m1/s1. The summed E-state index contributed by atoms with van der Waals surface area (Å²) in [5.41, 5.74) is 3.25. The van der Waals surface area contributed by atoms with Crippen LogP contribution in [0.5, 0.6) is 0 Å². The maximum Gasteiger partial charge on any atom is 0.227 e. The lowest BCUT2D eigenvalue weighted by Gasteiger charge is -2.17. The number of benzene rings is 1. The van der Waals surface area contributed by atoms with Crippen molar-refractivity contribution in [3.63, 3.8) is 0 Å². The van der Waals surface area contributed by atoms with E-state index in [-0.39, 0.29) is 23.1 Å². The molecule has 1 aromatic heterocycles. The Labute approximate surface area is 159 Å². The second-order valence-corrected chi connectivity index (χ2v) is 7.93. The number of rotatable bonds is 5. The molecule has 1 N–H and O–H groups in total. The van der Waals surface area contributed by atoms with Crippen LogP contribution >= 0.6 is 0 Å². The van der Waals surface area contributed by atoms with Gasteiger partial charge in [0, 0.05) is 43.4 Å². The first-order valence-electron chi connectivity index (χ1n) is 9.56. The Hall–Kier alpha value is -2.69. The number of hydrogen-bond donors (Lipinski definition) is 1. The number of carbonyl (C=O) groups is 2. The average molecular weight is 363 g/mol. The molecule has 27 heavy (non-hydrogen) atoms. The first-order valence-corrected chi connectivity index (χ1v) is 9.56. The summed E-state index contributed by atoms with van der Waals surface area (Å²) in [5.74, 6) is 0.301. The summed E-state index contributed by atoms with van der Waals surface area (Å²) in [5, 5.41) is 3.02. The fourth-order valence-corrected chi connectivity index (χ4v) is 4.09. The maximum atomic E-state index is 12.6. The summed E-state index contributed by atoms with van der Waals surface area (Å²) in [4.78, 5) is 31.1. The van der Waals surface area contributed by atoms with Crippen LogP contribution in [0.25, 0.3) is 0 Å². The zero-order chi connectivity index (χ0) is 18.9. The highest BCUT2D eigenvalue weighted by atomic mass is 16.2. The van der Waals surface area contributed by atoms with E-state index in [4.69, 9.17) is 0 Å². The van der Waals surface area contributed by atoms with Gasteiger partial charge in [-0.1, -0.05) is 35.9 Å². The van der Waals surface area contributed by atoms with Gasteiger partial charge < -0.3 is 10.2 Å². The summed E-state index contributed by atoms with van der Waals surface area (Å²) >= 11 is 0. The minimum atomic E-state index is 0.00194. The van der Waals surface area contributed by atoms with Crippen molar-refractivity contribution in [3.8, 4) is 0 Å². The molecule has 0 bridgehead atoms. The molecular weight excluding hydrogens is 338 g/mol. The average Bonchev–Trinajstić information content (AvgIpc) is 3.22. The van der Waals surface area contributed by atoms with Crippen molar-refractivity contribution in [1.29, 1.82) is 0 Å². The van der Waals surface area contributed by atoms with Crippen LogP contribution in [0.1, 0.15) is 29.5 Å². The van der Waals surface area contributed by atoms with Crippen molar-refractivity contribution < 1.29 is 9.59 Å². The lowest BCUT2D eigenvalue weighted by molar-refractivity contribution is -0.130. The molecule has 1 aromatic carbocycles. The molecule has 2 aliphatic rings. The van der Waals surface area contributed by atoms with E-state index in [1.54, 1.807) is 12.4 Å². The second kappa shape index (κ2) is 7.14. The fraction of sp³-hybridized carbons (Fsp3) is 0.409. The van der Waals surface area contributed by atoms with Crippen molar-refractivity contribution in [2.24, 2.45) is 11.3 Å². The van der Waals surface area contributed by atoms with Gasteiger partial charge in [0.15, 0.2) is 0 Å². The van der Waals surface area contributed by atoms with E-state index in [1.807, 2.05) is 48.2 Å². The van der Waals surface area contributed by atoms with Gasteiger partial charge in [-0.15, -0.1) is 0 Å². The summed E-state index contributed by atoms with van der Waals surface area (Å²) in [6.07, 6.45) is 5.75.